The third kappa shape index (κ3) is 3.89. The van der Waals surface area contributed by atoms with E-state index in [-0.39, 0.29) is 24.4 Å². The number of carbonyl (C=O) groups is 1. The lowest BCUT2D eigenvalue weighted by Gasteiger charge is -2.36. The van der Waals surface area contributed by atoms with Crippen LogP contribution in [0.3, 0.4) is 0 Å². The Bertz CT molecular complexity index is 466. The van der Waals surface area contributed by atoms with Crippen molar-refractivity contribution < 1.29 is 9.53 Å². The largest absolute Gasteiger partial charge is 0.490 e. The van der Waals surface area contributed by atoms with Crippen molar-refractivity contribution in [3.05, 3.63) is 29.8 Å². The average molecular weight is 311 g/mol. The summed E-state index contributed by atoms with van der Waals surface area (Å²) in [6, 6.07) is 8.18. The molecule has 1 aromatic rings. The third-order valence-electron chi connectivity index (χ3n) is 4.21. The van der Waals surface area contributed by atoms with Crippen LogP contribution in [-0.2, 0) is 4.79 Å². The molecule has 3 rings (SSSR count). The number of rotatable bonds is 3. The van der Waals surface area contributed by atoms with E-state index in [1.807, 2.05) is 17.0 Å². The number of aryl methyl sites for hydroxylation is 1. The molecule has 4 nitrogen and oxygen atoms in total. The van der Waals surface area contributed by atoms with Crippen LogP contribution in [0.25, 0.3) is 0 Å². The predicted molar refractivity (Wildman–Crippen MR) is 85.0 cm³/mol. The highest BCUT2D eigenvalue weighted by molar-refractivity contribution is 5.85. The molecule has 0 aliphatic carbocycles. The Balaban J connectivity index is 0.00000161. The van der Waals surface area contributed by atoms with Crippen LogP contribution in [0.2, 0.25) is 0 Å². The highest BCUT2D eigenvalue weighted by atomic mass is 35.5. The smallest absolute Gasteiger partial charge is 0.228 e. The normalized spacial score (nSPS) is 19.6. The maximum Gasteiger partial charge on any atom is 0.228 e. The summed E-state index contributed by atoms with van der Waals surface area (Å²) in [5.41, 5.74) is 1.24. The quantitative estimate of drug-likeness (QED) is 0.928. The van der Waals surface area contributed by atoms with E-state index in [0.717, 1.165) is 44.8 Å². The molecule has 0 unspecified atom stereocenters. The SMILES string of the molecule is Cc1ccc(OC2CCN(C(=O)C3CNC3)CC2)cc1.Cl. The second-order valence-corrected chi connectivity index (χ2v) is 5.81. The van der Waals surface area contributed by atoms with Gasteiger partial charge < -0.3 is 15.0 Å². The molecule has 0 aromatic heterocycles. The molecule has 2 heterocycles. The van der Waals surface area contributed by atoms with E-state index in [1.165, 1.54) is 5.56 Å². The van der Waals surface area contributed by atoms with Gasteiger partial charge in [0.1, 0.15) is 11.9 Å². The molecule has 2 fully saturated rings. The van der Waals surface area contributed by atoms with E-state index in [4.69, 9.17) is 4.74 Å². The van der Waals surface area contributed by atoms with Gasteiger partial charge in [0.2, 0.25) is 5.91 Å². The molecule has 5 heteroatoms. The van der Waals surface area contributed by atoms with Gasteiger partial charge in [0.15, 0.2) is 0 Å². The molecule has 1 amide bonds. The predicted octanol–water partition coefficient (Wildman–Crippen LogP) is 2.01. The summed E-state index contributed by atoms with van der Waals surface area (Å²) < 4.78 is 5.99. The number of amides is 1. The van der Waals surface area contributed by atoms with Crippen LogP contribution in [-0.4, -0.2) is 43.1 Å². The molecule has 116 valence electrons. The lowest BCUT2D eigenvalue weighted by molar-refractivity contribution is -0.138. The Morgan fingerprint density at radius 2 is 1.81 bits per heavy atom. The standard InChI is InChI=1S/C16H22N2O2.ClH/c1-12-2-4-14(5-3-12)20-15-6-8-18(9-7-15)16(19)13-10-17-11-13;/h2-5,13,15,17H,6-11H2,1H3;1H. The highest BCUT2D eigenvalue weighted by Gasteiger charge is 2.31. The van der Waals surface area contributed by atoms with Crippen LogP contribution >= 0.6 is 12.4 Å². The highest BCUT2D eigenvalue weighted by Crippen LogP contribution is 2.21. The van der Waals surface area contributed by atoms with E-state index in [9.17, 15) is 4.79 Å². The number of likely N-dealkylation sites (tertiary alicyclic amines) is 1. The first-order valence-electron chi connectivity index (χ1n) is 7.45. The van der Waals surface area contributed by atoms with E-state index >= 15 is 0 Å². The minimum absolute atomic E-state index is 0. The summed E-state index contributed by atoms with van der Waals surface area (Å²) in [5, 5.41) is 3.15. The molecule has 0 spiro atoms. The lowest BCUT2D eigenvalue weighted by atomic mass is 9.99. The lowest BCUT2D eigenvalue weighted by Crippen LogP contribution is -2.54. The first-order valence-corrected chi connectivity index (χ1v) is 7.45. The molecule has 2 aliphatic rings. The van der Waals surface area contributed by atoms with Gasteiger partial charge in [-0.3, -0.25) is 4.79 Å². The molecule has 2 saturated heterocycles. The maximum absolute atomic E-state index is 12.1. The van der Waals surface area contributed by atoms with Gasteiger partial charge in [-0.15, -0.1) is 12.4 Å². The molecule has 0 bridgehead atoms. The Morgan fingerprint density at radius 1 is 1.19 bits per heavy atom. The van der Waals surface area contributed by atoms with Crippen molar-refractivity contribution in [2.75, 3.05) is 26.2 Å². The van der Waals surface area contributed by atoms with E-state index in [2.05, 4.69) is 24.4 Å². The molecule has 0 saturated carbocycles. The number of hydrogen-bond donors (Lipinski definition) is 1. The molecule has 1 N–H and O–H groups in total. The fourth-order valence-corrected chi connectivity index (χ4v) is 2.72. The monoisotopic (exact) mass is 310 g/mol. The minimum Gasteiger partial charge on any atom is -0.490 e. The van der Waals surface area contributed by atoms with Crippen molar-refractivity contribution in [1.29, 1.82) is 0 Å². The van der Waals surface area contributed by atoms with Gasteiger partial charge >= 0.3 is 0 Å². The average Bonchev–Trinajstić information content (AvgIpc) is 2.40. The summed E-state index contributed by atoms with van der Waals surface area (Å²) >= 11 is 0. The summed E-state index contributed by atoms with van der Waals surface area (Å²) in [5.74, 6) is 1.46. The van der Waals surface area contributed by atoms with Crippen LogP contribution in [0.1, 0.15) is 18.4 Å². The Kier molecular flexibility index (Phi) is 5.48. The molecule has 21 heavy (non-hydrogen) atoms. The molecule has 0 radical (unpaired) electrons. The molecule has 2 aliphatic heterocycles. The van der Waals surface area contributed by atoms with Crippen molar-refractivity contribution in [1.82, 2.24) is 10.2 Å². The van der Waals surface area contributed by atoms with E-state index < -0.39 is 0 Å². The summed E-state index contributed by atoms with van der Waals surface area (Å²) in [4.78, 5) is 14.1. The van der Waals surface area contributed by atoms with Crippen LogP contribution in [0.15, 0.2) is 24.3 Å². The minimum atomic E-state index is 0. The van der Waals surface area contributed by atoms with Gasteiger partial charge in [0.25, 0.3) is 0 Å². The second kappa shape index (κ2) is 7.14. The number of hydrogen-bond acceptors (Lipinski definition) is 3. The fraction of sp³-hybridized carbons (Fsp3) is 0.562. The number of carbonyl (C=O) groups excluding carboxylic acids is 1. The Hall–Kier alpha value is -1.26. The van der Waals surface area contributed by atoms with Crippen molar-refractivity contribution in [3.8, 4) is 5.75 Å². The Labute approximate surface area is 132 Å². The van der Waals surface area contributed by atoms with Gasteiger partial charge in [-0.1, -0.05) is 17.7 Å². The van der Waals surface area contributed by atoms with Gasteiger partial charge in [-0.05, 0) is 19.1 Å². The summed E-state index contributed by atoms with van der Waals surface area (Å²) in [6.45, 7) is 5.41. The van der Waals surface area contributed by atoms with Gasteiger partial charge in [0, 0.05) is 39.0 Å². The van der Waals surface area contributed by atoms with Crippen LogP contribution in [0.5, 0.6) is 5.75 Å². The second-order valence-electron chi connectivity index (χ2n) is 5.81. The zero-order chi connectivity index (χ0) is 13.9. The van der Waals surface area contributed by atoms with Gasteiger partial charge in [0.05, 0.1) is 5.92 Å². The fourth-order valence-electron chi connectivity index (χ4n) is 2.72. The van der Waals surface area contributed by atoms with Crippen LogP contribution in [0, 0.1) is 12.8 Å². The number of nitrogens with one attached hydrogen (secondary N) is 1. The molecule has 1 aromatic carbocycles. The van der Waals surface area contributed by atoms with Crippen LogP contribution in [0.4, 0.5) is 0 Å². The van der Waals surface area contributed by atoms with Crippen molar-refractivity contribution in [3.63, 3.8) is 0 Å². The summed E-state index contributed by atoms with van der Waals surface area (Å²) in [7, 11) is 0. The topological polar surface area (TPSA) is 41.6 Å². The molecular formula is C16H23ClN2O2. The maximum atomic E-state index is 12.1. The summed E-state index contributed by atoms with van der Waals surface area (Å²) in [6.07, 6.45) is 2.10. The molecule has 0 atom stereocenters. The number of piperidine rings is 1. The number of halogens is 1. The zero-order valence-corrected chi connectivity index (χ0v) is 13.2. The van der Waals surface area contributed by atoms with Gasteiger partial charge in [-0.25, -0.2) is 0 Å². The third-order valence-corrected chi connectivity index (χ3v) is 4.21. The first kappa shape index (κ1) is 16.1. The van der Waals surface area contributed by atoms with E-state index in [0.29, 0.717) is 5.91 Å². The van der Waals surface area contributed by atoms with Gasteiger partial charge in [-0.2, -0.15) is 0 Å². The number of benzene rings is 1. The first-order chi connectivity index (χ1) is 9.72. The Morgan fingerprint density at radius 3 is 2.33 bits per heavy atom. The van der Waals surface area contributed by atoms with E-state index in [1.54, 1.807) is 0 Å². The van der Waals surface area contributed by atoms with Crippen molar-refractivity contribution >= 4 is 18.3 Å². The number of nitrogens with zero attached hydrogens (tertiary/aromatic N) is 1. The van der Waals surface area contributed by atoms with Crippen LogP contribution < -0.4 is 10.1 Å². The molecular weight excluding hydrogens is 288 g/mol. The number of ether oxygens (including phenoxy) is 1. The van der Waals surface area contributed by atoms with Crippen molar-refractivity contribution in [2.45, 2.75) is 25.9 Å². The van der Waals surface area contributed by atoms with Crippen molar-refractivity contribution in [2.24, 2.45) is 5.92 Å². The zero-order valence-electron chi connectivity index (χ0n) is 12.4.